The maximum absolute atomic E-state index is 12.9. The molecule has 4 nitrogen and oxygen atoms in total. The van der Waals surface area contributed by atoms with Crippen molar-refractivity contribution in [2.75, 3.05) is 0 Å². The van der Waals surface area contributed by atoms with E-state index in [0.29, 0.717) is 19.4 Å². The van der Waals surface area contributed by atoms with Gasteiger partial charge in [0.15, 0.2) is 0 Å². The third kappa shape index (κ3) is 3.26. The van der Waals surface area contributed by atoms with Crippen LogP contribution in [-0.2, 0) is 16.1 Å². The minimum Gasteiger partial charge on any atom is -0.342 e. The number of amides is 2. The average Bonchev–Trinajstić information content (AvgIpc) is 2.50. The van der Waals surface area contributed by atoms with Gasteiger partial charge in [-0.15, -0.1) is 0 Å². The van der Waals surface area contributed by atoms with Gasteiger partial charge < -0.3 is 10.2 Å². The molecule has 0 aliphatic carbocycles. The Hall–Kier alpha value is -1.84. The number of carbonyl (C=O) groups is 2. The van der Waals surface area contributed by atoms with E-state index in [-0.39, 0.29) is 17.9 Å². The summed E-state index contributed by atoms with van der Waals surface area (Å²) in [5.74, 6) is -0.0446. The molecule has 1 N–H and O–H groups in total. The van der Waals surface area contributed by atoms with Crippen LogP contribution in [0.1, 0.15) is 44.7 Å². The second-order valence-corrected chi connectivity index (χ2v) is 6.21. The first kappa shape index (κ1) is 15.5. The van der Waals surface area contributed by atoms with Gasteiger partial charge in [-0.05, 0) is 32.8 Å². The van der Waals surface area contributed by atoms with Gasteiger partial charge >= 0.3 is 0 Å². The lowest BCUT2D eigenvalue weighted by atomic mass is 9.96. The van der Waals surface area contributed by atoms with Crippen molar-refractivity contribution < 1.29 is 9.59 Å². The van der Waals surface area contributed by atoms with E-state index in [4.69, 9.17) is 0 Å². The molecule has 1 aliphatic rings. The monoisotopic (exact) mass is 288 g/mol. The highest BCUT2D eigenvalue weighted by molar-refractivity contribution is 5.93. The molecule has 2 amide bonds. The van der Waals surface area contributed by atoms with Gasteiger partial charge in [-0.1, -0.05) is 36.8 Å². The van der Waals surface area contributed by atoms with Crippen LogP contribution >= 0.6 is 0 Å². The topological polar surface area (TPSA) is 49.4 Å². The van der Waals surface area contributed by atoms with Crippen molar-refractivity contribution in [2.24, 2.45) is 0 Å². The molecule has 2 rings (SSSR count). The zero-order valence-corrected chi connectivity index (χ0v) is 13.3. The molecule has 21 heavy (non-hydrogen) atoms. The van der Waals surface area contributed by atoms with Gasteiger partial charge in [0.1, 0.15) is 5.54 Å². The summed E-state index contributed by atoms with van der Waals surface area (Å²) in [6.45, 7) is 8.27. The molecule has 1 saturated heterocycles. The van der Waals surface area contributed by atoms with E-state index in [1.165, 1.54) is 5.56 Å². The number of benzene rings is 1. The number of hydrogen-bond donors (Lipinski definition) is 1. The Morgan fingerprint density at radius 2 is 2.10 bits per heavy atom. The maximum atomic E-state index is 12.9. The van der Waals surface area contributed by atoms with Crippen molar-refractivity contribution in [3.05, 3.63) is 35.4 Å². The SMILES string of the molecule is CCC1(C)NC(=O)CC(C)N(Cc2cccc(C)c2)C1=O. The zero-order valence-electron chi connectivity index (χ0n) is 13.3. The number of rotatable bonds is 3. The third-order valence-electron chi connectivity index (χ3n) is 4.30. The summed E-state index contributed by atoms with van der Waals surface area (Å²) in [5, 5.41) is 2.88. The molecule has 1 aromatic rings. The van der Waals surface area contributed by atoms with Gasteiger partial charge in [0.2, 0.25) is 11.8 Å². The first-order chi connectivity index (χ1) is 9.85. The lowest BCUT2D eigenvalue weighted by molar-refractivity contribution is -0.140. The van der Waals surface area contributed by atoms with Gasteiger partial charge in [-0.2, -0.15) is 0 Å². The smallest absolute Gasteiger partial charge is 0.248 e. The van der Waals surface area contributed by atoms with Crippen molar-refractivity contribution in [1.29, 1.82) is 0 Å². The van der Waals surface area contributed by atoms with E-state index >= 15 is 0 Å². The molecule has 1 fully saturated rings. The van der Waals surface area contributed by atoms with E-state index in [2.05, 4.69) is 11.4 Å². The van der Waals surface area contributed by atoms with E-state index in [1.54, 1.807) is 0 Å². The number of aryl methyl sites for hydroxylation is 1. The highest BCUT2D eigenvalue weighted by atomic mass is 16.2. The molecule has 1 aromatic carbocycles. The first-order valence-corrected chi connectivity index (χ1v) is 7.53. The molecule has 4 heteroatoms. The van der Waals surface area contributed by atoms with Gasteiger partial charge in [0, 0.05) is 19.0 Å². The van der Waals surface area contributed by atoms with Crippen molar-refractivity contribution in [3.63, 3.8) is 0 Å². The third-order valence-corrected chi connectivity index (χ3v) is 4.30. The van der Waals surface area contributed by atoms with Gasteiger partial charge in [0.05, 0.1) is 0 Å². The summed E-state index contributed by atoms with van der Waals surface area (Å²) in [4.78, 5) is 26.7. The fourth-order valence-electron chi connectivity index (χ4n) is 2.78. The number of nitrogens with one attached hydrogen (secondary N) is 1. The van der Waals surface area contributed by atoms with E-state index < -0.39 is 5.54 Å². The quantitative estimate of drug-likeness (QED) is 0.928. The van der Waals surface area contributed by atoms with Crippen molar-refractivity contribution in [1.82, 2.24) is 10.2 Å². The van der Waals surface area contributed by atoms with Crippen LogP contribution in [0.2, 0.25) is 0 Å². The van der Waals surface area contributed by atoms with Crippen molar-refractivity contribution >= 4 is 11.8 Å². The van der Waals surface area contributed by atoms with Gasteiger partial charge in [-0.25, -0.2) is 0 Å². The largest absolute Gasteiger partial charge is 0.342 e. The molecule has 114 valence electrons. The minimum absolute atomic E-state index is 0.00450. The fourth-order valence-corrected chi connectivity index (χ4v) is 2.78. The molecule has 0 spiro atoms. The summed E-state index contributed by atoms with van der Waals surface area (Å²) < 4.78 is 0. The molecule has 1 heterocycles. The lowest BCUT2D eigenvalue weighted by Gasteiger charge is -2.33. The predicted octanol–water partition coefficient (Wildman–Crippen LogP) is 2.40. The number of nitrogens with zero attached hydrogens (tertiary/aromatic N) is 1. The second kappa shape index (κ2) is 5.88. The molecule has 0 radical (unpaired) electrons. The average molecular weight is 288 g/mol. The van der Waals surface area contributed by atoms with Crippen LogP contribution in [-0.4, -0.2) is 28.3 Å². The van der Waals surface area contributed by atoms with Crippen molar-refractivity contribution in [3.8, 4) is 0 Å². The predicted molar refractivity (Wildman–Crippen MR) is 82.6 cm³/mol. The Bertz CT molecular complexity index is 555. The van der Waals surface area contributed by atoms with Crippen LogP contribution in [0.25, 0.3) is 0 Å². The maximum Gasteiger partial charge on any atom is 0.248 e. The zero-order chi connectivity index (χ0) is 15.6. The van der Waals surface area contributed by atoms with Crippen LogP contribution in [0.4, 0.5) is 0 Å². The van der Waals surface area contributed by atoms with E-state index in [9.17, 15) is 9.59 Å². The van der Waals surface area contributed by atoms with Gasteiger partial charge in [-0.3, -0.25) is 9.59 Å². The number of hydrogen-bond acceptors (Lipinski definition) is 2. The molecule has 0 aromatic heterocycles. The van der Waals surface area contributed by atoms with Crippen LogP contribution in [0.15, 0.2) is 24.3 Å². The van der Waals surface area contributed by atoms with Crippen LogP contribution in [0, 0.1) is 6.92 Å². The Kier molecular flexibility index (Phi) is 4.35. The molecule has 2 unspecified atom stereocenters. The highest BCUT2D eigenvalue weighted by Gasteiger charge is 2.41. The normalized spacial score (nSPS) is 26.5. The lowest BCUT2D eigenvalue weighted by Crippen LogP contribution is -2.55. The van der Waals surface area contributed by atoms with Crippen LogP contribution in [0.5, 0.6) is 0 Å². The Labute approximate surface area is 126 Å². The van der Waals surface area contributed by atoms with Crippen molar-refractivity contribution in [2.45, 2.75) is 58.7 Å². The molecular weight excluding hydrogens is 264 g/mol. The highest BCUT2D eigenvalue weighted by Crippen LogP contribution is 2.23. The minimum atomic E-state index is -0.800. The Balaban J connectivity index is 2.30. The summed E-state index contributed by atoms with van der Waals surface area (Å²) in [7, 11) is 0. The van der Waals surface area contributed by atoms with Crippen LogP contribution < -0.4 is 5.32 Å². The van der Waals surface area contributed by atoms with Gasteiger partial charge in [0.25, 0.3) is 0 Å². The number of carbonyl (C=O) groups excluding carboxylic acids is 2. The molecule has 2 atom stereocenters. The van der Waals surface area contributed by atoms with Crippen LogP contribution in [0.3, 0.4) is 0 Å². The standard InChI is InChI=1S/C17H24N2O2/c1-5-17(4)16(21)19(13(3)10-15(20)18-17)11-14-8-6-7-12(2)9-14/h6-9,13H,5,10-11H2,1-4H3,(H,18,20). The molecule has 0 saturated carbocycles. The fraction of sp³-hybridized carbons (Fsp3) is 0.529. The Morgan fingerprint density at radius 3 is 2.71 bits per heavy atom. The summed E-state index contributed by atoms with van der Waals surface area (Å²) in [5.41, 5.74) is 1.48. The summed E-state index contributed by atoms with van der Waals surface area (Å²) in [6.07, 6.45) is 0.946. The molecule has 1 aliphatic heterocycles. The molecule has 0 bridgehead atoms. The molecular formula is C17H24N2O2. The summed E-state index contributed by atoms with van der Waals surface area (Å²) in [6, 6.07) is 8.06. The first-order valence-electron chi connectivity index (χ1n) is 7.53. The second-order valence-electron chi connectivity index (χ2n) is 6.21. The summed E-state index contributed by atoms with van der Waals surface area (Å²) >= 11 is 0. The Morgan fingerprint density at radius 1 is 1.38 bits per heavy atom. The van der Waals surface area contributed by atoms with E-state index in [0.717, 1.165) is 5.56 Å². The van der Waals surface area contributed by atoms with E-state index in [1.807, 2.05) is 50.8 Å².